The molecule has 86 valence electrons. The van der Waals surface area contributed by atoms with Crippen molar-refractivity contribution in [3.8, 4) is 0 Å². The molecule has 0 amide bonds. The lowest BCUT2D eigenvalue weighted by Gasteiger charge is -2.18. The van der Waals surface area contributed by atoms with E-state index in [1.807, 2.05) is 13.8 Å². The number of nitrogens with zero attached hydrogens (tertiary/aromatic N) is 2. The maximum Gasteiger partial charge on any atom is 0.259 e. The van der Waals surface area contributed by atoms with E-state index in [4.69, 9.17) is 0 Å². The predicted molar refractivity (Wildman–Crippen MR) is 54.9 cm³/mol. The first kappa shape index (κ1) is 12.1. The van der Waals surface area contributed by atoms with Crippen LogP contribution in [-0.2, 0) is 6.54 Å². The van der Waals surface area contributed by atoms with Crippen LogP contribution in [0.3, 0.4) is 0 Å². The Morgan fingerprint density at radius 1 is 1.47 bits per heavy atom. The fourth-order valence-corrected chi connectivity index (χ4v) is 1.49. The Bertz CT molecular complexity index is 286. The zero-order valence-electron chi connectivity index (χ0n) is 9.08. The first-order chi connectivity index (χ1) is 7.20. The smallest absolute Gasteiger partial charge is 0.259 e. The van der Waals surface area contributed by atoms with Crippen LogP contribution >= 0.6 is 0 Å². The van der Waals surface area contributed by atoms with Gasteiger partial charge in [-0.1, -0.05) is 6.92 Å². The third kappa shape index (κ3) is 2.99. The number of aromatic nitrogens is 2. The topological polar surface area (TPSA) is 29.9 Å². The normalized spacial score (nSPS) is 13.4. The lowest BCUT2D eigenvalue weighted by atomic mass is 10.2. The molecule has 15 heavy (non-hydrogen) atoms. The van der Waals surface area contributed by atoms with Crippen LogP contribution < -0.4 is 5.32 Å². The molecule has 3 nitrogen and oxygen atoms in total. The van der Waals surface area contributed by atoms with Gasteiger partial charge in [-0.2, -0.15) is 5.10 Å². The molecule has 1 atom stereocenters. The molecule has 1 aromatic heterocycles. The van der Waals surface area contributed by atoms with Crippen LogP contribution in [0.2, 0.25) is 0 Å². The van der Waals surface area contributed by atoms with Crippen LogP contribution in [0.25, 0.3) is 0 Å². The van der Waals surface area contributed by atoms with Crippen molar-refractivity contribution in [2.24, 2.45) is 0 Å². The Kier molecular flexibility index (Phi) is 4.68. The molecule has 0 spiro atoms. The van der Waals surface area contributed by atoms with Crippen molar-refractivity contribution in [2.45, 2.75) is 39.3 Å². The van der Waals surface area contributed by atoms with E-state index >= 15 is 0 Å². The van der Waals surface area contributed by atoms with Crippen LogP contribution in [-0.4, -0.2) is 22.8 Å². The zero-order valence-corrected chi connectivity index (χ0v) is 9.08. The summed E-state index contributed by atoms with van der Waals surface area (Å²) >= 11 is 0. The highest BCUT2D eigenvalue weighted by Gasteiger charge is 2.24. The van der Waals surface area contributed by atoms with E-state index in [1.54, 1.807) is 16.9 Å². The second-order valence-electron chi connectivity index (χ2n) is 3.34. The summed E-state index contributed by atoms with van der Waals surface area (Å²) in [5.41, 5.74) is 0.556. The predicted octanol–water partition coefficient (Wildman–Crippen LogP) is 2.21. The Hall–Kier alpha value is -0.970. The minimum atomic E-state index is -2.40. The molecule has 1 N–H and O–H groups in total. The van der Waals surface area contributed by atoms with Gasteiger partial charge in [0.05, 0.1) is 5.69 Å². The fourth-order valence-electron chi connectivity index (χ4n) is 1.49. The van der Waals surface area contributed by atoms with Gasteiger partial charge in [0.25, 0.3) is 6.43 Å². The number of rotatable bonds is 6. The summed E-state index contributed by atoms with van der Waals surface area (Å²) < 4.78 is 27.2. The minimum absolute atomic E-state index is 0.556. The van der Waals surface area contributed by atoms with Crippen molar-refractivity contribution < 1.29 is 8.78 Å². The highest BCUT2D eigenvalue weighted by atomic mass is 19.3. The summed E-state index contributed by atoms with van der Waals surface area (Å²) in [6.07, 6.45) is -0.00995. The van der Waals surface area contributed by atoms with Gasteiger partial charge >= 0.3 is 0 Å². The van der Waals surface area contributed by atoms with E-state index < -0.39 is 12.5 Å². The van der Waals surface area contributed by atoms with Crippen molar-refractivity contribution in [3.05, 3.63) is 18.0 Å². The zero-order chi connectivity index (χ0) is 11.3. The highest BCUT2D eigenvalue weighted by molar-refractivity contribution is 5.08. The van der Waals surface area contributed by atoms with Crippen molar-refractivity contribution in [3.63, 3.8) is 0 Å². The van der Waals surface area contributed by atoms with E-state index in [9.17, 15) is 8.78 Å². The molecule has 0 radical (unpaired) electrons. The maximum absolute atomic E-state index is 12.8. The number of nitrogens with one attached hydrogen (secondary N) is 1. The van der Waals surface area contributed by atoms with E-state index in [2.05, 4.69) is 10.4 Å². The first-order valence-corrected chi connectivity index (χ1v) is 5.23. The summed E-state index contributed by atoms with van der Waals surface area (Å²) in [7, 11) is 0. The maximum atomic E-state index is 12.8. The van der Waals surface area contributed by atoms with Crippen LogP contribution in [0.5, 0.6) is 0 Å². The number of alkyl halides is 2. The van der Waals surface area contributed by atoms with Gasteiger partial charge in [-0.05, 0) is 26.0 Å². The van der Waals surface area contributed by atoms with Crippen molar-refractivity contribution >= 4 is 0 Å². The van der Waals surface area contributed by atoms with Crippen molar-refractivity contribution in [1.82, 2.24) is 15.1 Å². The van der Waals surface area contributed by atoms with Gasteiger partial charge in [-0.25, -0.2) is 8.78 Å². The standard InChI is InChI=1S/C10H17F2N3/c1-3-6-13-9(10(11)12)8-5-7-14-15(8)4-2/h5,7,9-10,13H,3-4,6H2,1-2H3. The summed E-state index contributed by atoms with van der Waals surface area (Å²) in [5, 5.41) is 6.82. The Labute approximate surface area is 88.5 Å². The molecule has 0 saturated carbocycles. The molecule has 0 aliphatic carbocycles. The monoisotopic (exact) mass is 217 g/mol. The van der Waals surface area contributed by atoms with Gasteiger partial charge in [0.15, 0.2) is 0 Å². The van der Waals surface area contributed by atoms with Gasteiger partial charge in [0.1, 0.15) is 6.04 Å². The molecule has 0 aliphatic heterocycles. The van der Waals surface area contributed by atoms with Crippen LogP contribution in [0.4, 0.5) is 8.78 Å². The van der Waals surface area contributed by atoms with Crippen molar-refractivity contribution in [2.75, 3.05) is 6.54 Å². The third-order valence-electron chi connectivity index (χ3n) is 2.23. The first-order valence-electron chi connectivity index (χ1n) is 5.23. The molecule has 1 aromatic rings. The summed E-state index contributed by atoms with van der Waals surface area (Å²) in [6, 6.07) is 0.732. The van der Waals surface area contributed by atoms with E-state index in [0.29, 0.717) is 18.8 Å². The van der Waals surface area contributed by atoms with Gasteiger partial charge < -0.3 is 5.32 Å². The molecule has 1 rings (SSSR count). The second kappa shape index (κ2) is 5.80. The molecule has 0 aromatic carbocycles. The Morgan fingerprint density at radius 3 is 2.73 bits per heavy atom. The number of hydrogen-bond donors (Lipinski definition) is 1. The molecule has 5 heteroatoms. The van der Waals surface area contributed by atoms with Gasteiger partial charge in [-0.15, -0.1) is 0 Å². The van der Waals surface area contributed by atoms with Crippen LogP contribution in [0.1, 0.15) is 32.0 Å². The Balaban J connectivity index is 2.78. The molecule has 0 fully saturated rings. The quantitative estimate of drug-likeness (QED) is 0.791. The summed E-state index contributed by atoms with van der Waals surface area (Å²) in [6.45, 7) is 5.04. The van der Waals surface area contributed by atoms with Gasteiger partial charge in [0, 0.05) is 12.7 Å². The number of aryl methyl sites for hydroxylation is 1. The third-order valence-corrected chi connectivity index (χ3v) is 2.23. The molecule has 0 saturated heterocycles. The van der Waals surface area contributed by atoms with Gasteiger partial charge in [0.2, 0.25) is 0 Å². The van der Waals surface area contributed by atoms with Gasteiger partial charge in [-0.3, -0.25) is 4.68 Å². The summed E-state index contributed by atoms with van der Waals surface area (Å²) in [5.74, 6) is 0. The van der Waals surface area contributed by atoms with Crippen LogP contribution in [0.15, 0.2) is 12.3 Å². The summed E-state index contributed by atoms with van der Waals surface area (Å²) in [4.78, 5) is 0. The van der Waals surface area contributed by atoms with Crippen molar-refractivity contribution in [1.29, 1.82) is 0 Å². The SMILES string of the molecule is CCCNC(c1ccnn1CC)C(F)F. The lowest BCUT2D eigenvalue weighted by Crippen LogP contribution is -2.30. The fraction of sp³-hybridized carbons (Fsp3) is 0.700. The number of hydrogen-bond acceptors (Lipinski definition) is 2. The Morgan fingerprint density at radius 2 is 2.20 bits per heavy atom. The second-order valence-corrected chi connectivity index (χ2v) is 3.34. The molecular weight excluding hydrogens is 200 g/mol. The van der Waals surface area contributed by atoms with E-state index in [1.165, 1.54) is 0 Å². The largest absolute Gasteiger partial charge is 0.304 e. The lowest BCUT2D eigenvalue weighted by molar-refractivity contribution is 0.0943. The van der Waals surface area contributed by atoms with E-state index in [-0.39, 0.29) is 0 Å². The molecule has 0 aliphatic rings. The minimum Gasteiger partial charge on any atom is -0.304 e. The highest BCUT2D eigenvalue weighted by Crippen LogP contribution is 2.20. The molecule has 1 heterocycles. The number of halogens is 2. The molecular formula is C10H17F2N3. The average molecular weight is 217 g/mol. The van der Waals surface area contributed by atoms with E-state index in [0.717, 1.165) is 6.42 Å². The van der Waals surface area contributed by atoms with Crippen LogP contribution in [0, 0.1) is 0 Å². The molecule has 0 bridgehead atoms. The average Bonchev–Trinajstić information content (AvgIpc) is 2.66. The molecule has 1 unspecified atom stereocenters.